The molecule has 0 aliphatic carbocycles. The summed E-state index contributed by atoms with van der Waals surface area (Å²) in [6.07, 6.45) is 1.47. The number of rotatable bonds is 7. The Hall–Kier alpha value is -1.84. The Bertz CT molecular complexity index is 507. The summed E-state index contributed by atoms with van der Waals surface area (Å²) in [4.78, 5) is 23.1. The van der Waals surface area contributed by atoms with Crippen LogP contribution in [-0.2, 0) is 11.2 Å². The molecular formula is C17H25NO3. The van der Waals surface area contributed by atoms with Crippen LogP contribution in [-0.4, -0.2) is 23.5 Å². The van der Waals surface area contributed by atoms with Gasteiger partial charge in [-0.15, -0.1) is 0 Å². The van der Waals surface area contributed by atoms with Crippen LogP contribution in [0.4, 0.5) is 0 Å². The van der Waals surface area contributed by atoms with Crippen molar-refractivity contribution in [1.29, 1.82) is 0 Å². The second kappa shape index (κ2) is 7.25. The number of carbonyl (C=O) groups excluding carboxylic acids is 1. The zero-order valence-corrected chi connectivity index (χ0v) is 13.3. The van der Waals surface area contributed by atoms with Crippen LogP contribution in [0.5, 0.6) is 0 Å². The van der Waals surface area contributed by atoms with Gasteiger partial charge in [0.2, 0.25) is 5.91 Å². The predicted molar refractivity (Wildman–Crippen MR) is 83.4 cm³/mol. The highest BCUT2D eigenvalue weighted by Crippen LogP contribution is 2.25. The monoisotopic (exact) mass is 291 g/mol. The quantitative estimate of drug-likeness (QED) is 0.811. The lowest BCUT2D eigenvalue weighted by Gasteiger charge is -2.25. The maximum Gasteiger partial charge on any atom is 0.335 e. The standard InChI is InChI=1S/C17H25NO3/c1-12(2)11-17(3,4)16(21)18-9-8-13-6-5-7-14(10-13)15(19)20/h5-7,10,12H,8-9,11H2,1-4H3,(H,18,21)(H,19,20). The number of nitrogens with one attached hydrogen (secondary N) is 1. The second-order valence-electron chi connectivity index (χ2n) is 6.49. The summed E-state index contributed by atoms with van der Waals surface area (Å²) >= 11 is 0. The summed E-state index contributed by atoms with van der Waals surface area (Å²) in [7, 11) is 0. The first-order chi connectivity index (χ1) is 9.72. The SMILES string of the molecule is CC(C)CC(C)(C)C(=O)NCCc1cccc(C(=O)O)c1. The van der Waals surface area contributed by atoms with Crippen molar-refractivity contribution in [2.75, 3.05) is 6.54 Å². The van der Waals surface area contributed by atoms with E-state index in [2.05, 4.69) is 19.2 Å². The molecular weight excluding hydrogens is 266 g/mol. The van der Waals surface area contributed by atoms with E-state index >= 15 is 0 Å². The summed E-state index contributed by atoms with van der Waals surface area (Å²) < 4.78 is 0. The molecule has 1 rings (SSSR count). The van der Waals surface area contributed by atoms with Gasteiger partial charge >= 0.3 is 5.97 Å². The summed E-state index contributed by atoms with van der Waals surface area (Å²) in [5.41, 5.74) is 0.813. The maximum absolute atomic E-state index is 12.2. The van der Waals surface area contributed by atoms with Crippen molar-refractivity contribution >= 4 is 11.9 Å². The molecule has 0 spiro atoms. The Labute approximate surface area is 126 Å². The van der Waals surface area contributed by atoms with Crippen LogP contribution >= 0.6 is 0 Å². The van der Waals surface area contributed by atoms with Crippen LogP contribution in [0.25, 0.3) is 0 Å². The number of benzene rings is 1. The lowest BCUT2D eigenvalue weighted by atomic mass is 9.83. The second-order valence-corrected chi connectivity index (χ2v) is 6.49. The van der Waals surface area contributed by atoms with Gasteiger partial charge in [0.1, 0.15) is 0 Å². The molecule has 116 valence electrons. The zero-order valence-electron chi connectivity index (χ0n) is 13.3. The Morgan fingerprint density at radius 3 is 2.52 bits per heavy atom. The highest BCUT2D eigenvalue weighted by atomic mass is 16.4. The molecule has 2 N–H and O–H groups in total. The molecule has 21 heavy (non-hydrogen) atoms. The minimum absolute atomic E-state index is 0.0468. The molecule has 1 aromatic rings. The van der Waals surface area contributed by atoms with E-state index in [0.717, 1.165) is 12.0 Å². The fraction of sp³-hybridized carbons (Fsp3) is 0.529. The van der Waals surface area contributed by atoms with E-state index in [1.54, 1.807) is 18.2 Å². The maximum atomic E-state index is 12.2. The zero-order chi connectivity index (χ0) is 16.0. The minimum atomic E-state index is -0.932. The van der Waals surface area contributed by atoms with Crippen LogP contribution in [0.2, 0.25) is 0 Å². The van der Waals surface area contributed by atoms with Gasteiger partial charge in [-0.2, -0.15) is 0 Å². The lowest BCUT2D eigenvalue weighted by Crippen LogP contribution is -2.38. The molecule has 0 radical (unpaired) electrons. The van der Waals surface area contributed by atoms with Crippen LogP contribution in [0.15, 0.2) is 24.3 Å². The topological polar surface area (TPSA) is 66.4 Å². The van der Waals surface area contributed by atoms with Crippen molar-refractivity contribution in [3.63, 3.8) is 0 Å². The first-order valence-electron chi connectivity index (χ1n) is 7.33. The first-order valence-corrected chi connectivity index (χ1v) is 7.33. The number of aromatic carboxylic acids is 1. The van der Waals surface area contributed by atoms with E-state index in [1.165, 1.54) is 0 Å². The van der Waals surface area contributed by atoms with Crippen LogP contribution in [0, 0.1) is 11.3 Å². The Kier molecular flexibility index (Phi) is 5.94. The highest BCUT2D eigenvalue weighted by molar-refractivity contribution is 5.87. The number of hydrogen-bond acceptors (Lipinski definition) is 2. The molecule has 0 unspecified atom stereocenters. The Morgan fingerprint density at radius 1 is 1.29 bits per heavy atom. The van der Waals surface area contributed by atoms with Crippen molar-refractivity contribution in [2.24, 2.45) is 11.3 Å². The molecule has 0 heterocycles. The smallest absolute Gasteiger partial charge is 0.335 e. The fourth-order valence-electron chi connectivity index (χ4n) is 2.53. The fourth-order valence-corrected chi connectivity index (χ4v) is 2.53. The molecule has 4 nitrogen and oxygen atoms in total. The molecule has 0 saturated heterocycles. The van der Waals surface area contributed by atoms with E-state index in [-0.39, 0.29) is 16.9 Å². The lowest BCUT2D eigenvalue weighted by molar-refractivity contribution is -0.130. The molecule has 0 aliphatic rings. The number of carbonyl (C=O) groups is 2. The normalized spacial score (nSPS) is 11.5. The van der Waals surface area contributed by atoms with Crippen molar-refractivity contribution in [3.8, 4) is 0 Å². The third kappa shape index (κ3) is 5.58. The highest BCUT2D eigenvalue weighted by Gasteiger charge is 2.27. The third-order valence-electron chi connectivity index (χ3n) is 3.41. The molecule has 1 amide bonds. The summed E-state index contributed by atoms with van der Waals surface area (Å²) in [6.45, 7) is 8.63. The van der Waals surface area contributed by atoms with Gasteiger partial charge in [0, 0.05) is 12.0 Å². The van der Waals surface area contributed by atoms with Gasteiger partial charge in [-0.1, -0.05) is 39.8 Å². The van der Waals surface area contributed by atoms with E-state index in [4.69, 9.17) is 5.11 Å². The van der Waals surface area contributed by atoms with Gasteiger partial charge in [0.05, 0.1) is 5.56 Å². The first kappa shape index (κ1) is 17.2. The van der Waals surface area contributed by atoms with Crippen LogP contribution < -0.4 is 5.32 Å². The van der Waals surface area contributed by atoms with E-state index in [1.807, 2.05) is 19.9 Å². The van der Waals surface area contributed by atoms with Gasteiger partial charge in [-0.05, 0) is 36.5 Å². The third-order valence-corrected chi connectivity index (χ3v) is 3.41. The molecule has 0 bridgehead atoms. The predicted octanol–water partition coefficient (Wildman–Crippen LogP) is 3.12. The van der Waals surface area contributed by atoms with Gasteiger partial charge in [-0.3, -0.25) is 4.79 Å². The van der Waals surface area contributed by atoms with Gasteiger partial charge in [0.25, 0.3) is 0 Å². The molecule has 4 heteroatoms. The van der Waals surface area contributed by atoms with Crippen molar-refractivity contribution in [3.05, 3.63) is 35.4 Å². The average molecular weight is 291 g/mol. The van der Waals surface area contributed by atoms with Crippen LogP contribution in [0.1, 0.15) is 50.0 Å². The molecule has 0 aliphatic heterocycles. The van der Waals surface area contributed by atoms with Gasteiger partial charge in [0.15, 0.2) is 0 Å². The van der Waals surface area contributed by atoms with E-state index in [0.29, 0.717) is 18.9 Å². The van der Waals surface area contributed by atoms with Crippen molar-refractivity contribution < 1.29 is 14.7 Å². The molecule has 0 fully saturated rings. The molecule has 1 aromatic carbocycles. The van der Waals surface area contributed by atoms with Crippen LogP contribution in [0.3, 0.4) is 0 Å². The van der Waals surface area contributed by atoms with E-state index in [9.17, 15) is 9.59 Å². The molecule has 0 aromatic heterocycles. The molecule has 0 atom stereocenters. The molecule has 0 saturated carbocycles. The number of carboxylic acid groups (broad SMARTS) is 1. The average Bonchev–Trinajstić information content (AvgIpc) is 2.37. The van der Waals surface area contributed by atoms with Gasteiger partial charge < -0.3 is 10.4 Å². The summed E-state index contributed by atoms with van der Waals surface area (Å²) in [6, 6.07) is 6.81. The van der Waals surface area contributed by atoms with E-state index < -0.39 is 5.97 Å². The minimum Gasteiger partial charge on any atom is -0.478 e. The summed E-state index contributed by atoms with van der Waals surface area (Å²) in [5, 5.41) is 11.9. The number of hydrogen-bond donors (Lipinski definition) is 2. The number of carboxylic acids is 1. The Balaban J connectivity index is 2.52. The largest absolute Gasteiger partial charge is 0.478 e. The Morgan fingerprint density at radius 2 is 1.95 bits per heavy atom. The number of amides is 1. The van der Waals surface area contributed by atoms with Gasteiger partial charge in [-0.25, -0.2) is 4.79 Å². The van der Waals surface area contributed by atoms with Crippen molar-refractivity contribution in [1.82, 2.24) is 5.32 Å². The summed E-state index contributed by atoms with van der Waals surface area (Å²) in [5.74, 6) is -0.414. The van der Waals surface area contributed by atoms with Crippen molar-refractivity contribution in [2.45, 2.75) is 40.5 Å².